The fourth-order valence-corrected chi connectivity index (χ4v) is 3.03. The van der Waals surface area contributed by atoms with Crippen LogP contribution in [-0.2, 0) is 11.3 Å². The van der Waals surface area contributed by atoms with Crippen LogP contribution in [-0.4, -0.2) is 18.9 Å². The standard InChI is InChI=1S/C24H17FO5/c1-28-24(27)17-7-5-15(6-8-17)14-29-19-9-10-20-21(13-19)30-22(23(20)26)12-16-3-2-4-18(25)11-16/h2-13H,14H2,1H3/b22-12-. The lowest BCUT2D eigenvalue weighted by Crippen LogP contribution is -2.02. The summed E-state index contributed by atoms with van der Waals surface area (Å²) >= 11 is 0. The second-order valence-electron chi connectivity index (χ2n) is 6.63. The molecule has 0 fully saturated rings. The van der Waals surface area contributed by atoms with E-state index in [0.29, 0.717) is 28.2 Å². The van der Waals surface area contributed by atoms with E-state index in [4.69, 9.17) is 9.47 Å². The SMILES string of the molecule is COC(=O)c1ccc(COc2ccc3c(c2)O/C(=C\c2cccc(F)c2)C3=O)cc1. The zero-order chi connectivity index (χ0) is 21.1. The number of halogens is 1. The molecule has 30 heavy (non-hydrogen) atoms. The van der Waals surface area contributed by atoms with Gasteiger partial charge in [-0.1, -0.05) is 24.3 Å². The minimum absolute atomic E-state index is 0.131. The number of carbonyl (C=O) groups is 2. The third-order valence-electron chi connectivity index (χ3n) is 4.57. The van der Waals surface area contributed by atoms with Crippen molar-refractivity contribution in [1.82, 2.24) is 0 Å². The van der Waals surface area contributed by atoms with Crippen LogP contribution in [0.1, 0.15) is 31.8 Å². The smallest absolute Gasteiger partial charge is 0.337 e. The summed E-state index contributed by atoms with van der Waals surface area (Å²) in [4.78, 5) is 24.0. The van der Waals surface area contributed by atoms with Crippen molar-refractivity contribution < 1.29 is 28.2 Å². The molecule has 0 aliphatic carbocycles. The average Bonchev–Trinajstić information content (AvgIpc) is 3.06. The molecular formula is C24H17FO5. The van der Waals surface area contributed by atoms with Gasteiger partial charge in [-0.25, -0.2) is 9.18 Å². The lowest BCUT2D eigenvalue weighted by Gasteiger charge is -2.08. The van der Waals surface area contributed by atoms with E-state index in [1.165, 1.54) is 25.3 Å². The van der Waals surface area contributed by atoms with E-state index < -0.39 is 5.97 Å². The van der Waals surface area contributed by atoms with E-state index in [1.54, 1.807) is 54.6 Å². The van der Waals surface area contributed by atoms with E-state index in [1.807, 2.05) is 0 Å². The Bertz CT molecular complexity index is 1150. The first-order chi connectivity index (χ1) is 14.5. The third-order valence-corrected chi connectivity index (χ3v) is 4.57. The van der Waals surface area contributed by atoms with Crippen LogP contribution in [0, 0.1) is 5.82 Å². The molecule has 5 nitrogen and oxygen atoms in total. The topological polar surface area (TPSA) is 61.8 Å². The summed E-state index contributed by atoms with van der Waals surface area (Å²) in [5.74, 6) is 0.00442. The van der Waals surface area contributed by atoms with Crippen molar-refractivity contribution in [1.29, 1.82) is 0 Å². The predicted molar refractivity (Wildman–Crippen MR) is 108 cm³/mol. The molecule has 0 bridgehead atoms. The molecule has 1 aliphatic heterocycles. The molecule has 1 heterocycles. The Morgan fingerprint density at radius 1 is 1.07 bits per heavy atom. The Balaban J connectivity index is 1.46. The normalized spacial score (nSPS) is 13.7. The monoisotopic (exact) mass is 404 g/mol. The summed E-state index contributed by atoms with van der Waals surface area (Å²) in [5.41, 5.74) is 2.29. The minimum Gasteiger partial charge on any atom is -0.489 e. The summed E-state index contributed by atoms with van der Waals surface area (Å²) < 4.78 is 29.5. The Kier molecular flexibility index (Phi) is 5.30. The van der Waals surface area contributed by atoms with Gasteiger partial charge in [0.25, 0.3) is 0 Å². The van der Waals surface area contributed by atoms with Crippen LogP contribution in [0.25, 0.3) is 6.08 Å². The van der Waals surface area contributed by atoms with Gasteiger partial charge in [0.15, 0.2) is 5.76 Å². The minimum atomic E-state index is -0.398. The number of carbonyl (C=O) groups excluding carboxylic acids is 2. The van der Waals surface area contributed by atoms with Crippen LogP contribution >= 0.6 is 0 Å². The fourth-order valence-electron chi connectivity index (χ4n) is 3.03. The fraction of sp³-hybridized carbons (Fsp3) is 0.0833. The van der Waals surface area contributed by atoms with Gasteiger partial charge in [-0.2, -0.15) is 0 Å². The van der Waals surface area contributed by atoms with E-state index in [-0.39, 0.29) is 24.0 Å². The first-order valence-corrected chi connectivity index (χ1v) is 9.17. The maximum Gasteiger partial charge on any atom is 0.337 e. The number of rotatable bonds is 5. The molecule has 0 radical (unpaired) electrons. The molecule has 150 valence electrons. The number of benzene rings is 3. The summed E-state index contributed by atoms with van der Waals surface area (Å²) in [7, 11) is 1.33. The van der Waals surface area contributed by atoms with Crippen LogP contribution in [0.2, 0.25) is 0 Å². The highest BCUT2D eigenvalue weighted by Gasteiger charge is 2.27. The third kappa shape index (κ3) is 4.07. The number of ketones is 1. The van der Waals surface area contributed by atoms with Crippen LogP contribution in [0.4, 0.5) is 4.39 Å². The van der Waals surface area contributed by atoms with Crippen molar-refractivity contribution >= 4 is 17.8 Å². The molecule has 0 unspecified atom stereocenters. The lowest BCUT2D eigenvalue weighted by atomic mass is 10.1. The highest BCUT2D eigenvalue weighted by atomic mass is 19.1. The van der Waals surface area contributed by atoms with Crippen molar-refractivity contribution in [2.75, 3.05) is 7.11 Å². The molecule has 6 heteroatoms. The van der Waals surface area contributed by atoms with Crippen molar-refractivity contribution in [2.24, 2.45) is 0 Å². The highest BCUT2D eigenvalue weighted by molar-refractivity contribution is 6.14. The second kappa shape index (κ2) is 8.21. The summed E-state index contributed by atoms with van der Waals surface area (Å²) in [5, 5.41) is 0. The molecule has 0 amide bonds. The molecule has 0 spiro atoms. The van der Waals surface area contributed by atoms with Crippen LogP contribution in [0.3, 0.4) is 0 Å². The van der Waals surface area contributed by atoms with Gasteiger partial charge in [0.2, 0.25) is 5.78 Å². The van der Waals surface area contributed by atoms with Crippen LogP contribution in [0.15, 0.2) is 72.5 Å². The van der Waals surface area contributed by atoms with Crippen molar-refractivity contribution in [3.63, 3.8) is 0 Å². The van der Waals surface area contributed by atoms with E-state index in [9.17, 15) is 14.0 Å². The van der Waals surface area contributed by atoms with Crippen LogP contribution < -0.4 is 9.47 Å². The molecule has 0 atom stereocenters. The quantitative estimate of drug-likeness (QED) is 0.451. The van der Waals surface area contributed by atoms with Gasteiger partial charge in [-0.3, -0.25) is 4.79 Å². The molecule has 0 N–H and O–H groups in total. The summed E-state index contributed by atoms with van der Waals surface area (Å²) in [6, 6.07) is 17.8. The molecular weight excluding hydrogens is 387 g/mol. The van der Waals surface area contributed by atoms with Crippen molar-refractivity contribution in [2.45, 2.75) is 6.61 Å². The number of hydrogen-bond acceptors (Lipinski definition) is 5. The largest absolute Gasteiger partial charge is 0.489 e. The van der Waals surface area contributed by atoms with Crippen LogP contribution in [0.5, 0.6) is 11.5 Å². The molecule has 3 aromatic carbocycles. The highest BCUT2D eigenvalue weighted by Crippen LogP contribution is 2.35. The van der Waals surface area contributed by atoms with Crippen molar-refractivity contribution in [3.05, 3.63) is 101 Å². The number of methoxy groups -OCH3 is 1. The first kappa shape index (κ1) is 19.4. The number of esters is 1. The molecule has 3 aromatic rings. The first-order valence-electron chi connectivity index (χ1n) is 9.17. The zero-order valence-electron chi connectivity index (χ0n) is 16.1. The molecule has 1 aliphatic rings. The Morgan fingerprint density at radius 2 is 1.87 bits per heavy atom. The Labute approximate surface area is 172 Å². The number of allylic oxidation sites excluding steroid dienone is 1. The van der Waals surface area contributed by atoms with E-state index in [0.717, 1.165) is 5.56 Å². The number of ether oxygens (including phenoxy) is 3. The maximum absolute atomic E-state index is 13.4. The van der Waals surface area contributed by atoms with Gasteiger partial charge < -0.3 is 14.2 Å². The molecule has 0 saturated carbocycles. The van der Waals surface area contributed by atoms with Gasteiger partial charge in [0.05, 0.1) is 18.2 Å². The number of hydrogen-bond donors (Lipinski definition) is 0. The Morgan fingerprint density at radius 3 is 2.60 bits per heavy atom. The van der Waals surface area contributed by atoms with Crippen molar-refractivity contribution in [3.8, 4) is 11.5 Å². The van der Waals surface area contributed by atoms with Gasteiger partial charge in [-0.05, 0) is 53.6 Å². The van der Waals surface area contributed by atoms with Gasteiger partial charge in [0.1, 0.15) is 23.9 Å². The summed E-state index contributed by atoms with van der Waals surface area (Å²) in [6.45, 7) is 0.278. The predicted octanol–water partition coefficient (Wildman–Crippen LogP) is 4.81. The summed E-state index contributed by atoms with van der Waals surface area (Å²) in [6.07, 6.45) is 1.51. The average molecular weight is 404 g/mol. The Hall–Kier alpha value is -3.93. The maximum atomic E-state index is 13.4. The molecule has 0 aromatic heterocycles. The lowest BCUT2D eigenvalue weighted by molar-refractivity contribution is 0.0600. The zero-order valence-corrected chi connectivity index (χ0v) is 16.1. The molecule has 4 rings (SSSR count). The van der Waals surface area contributed by atoms with Gasteiger partial charge >= 0.3 is 5.97 Å². The van der Waals surface area contributed by atoms with Gasteiger partial charge in [0, 0.05) is 6.07 Å². The second-order valence-corrected chi connectivity index (χ2v) is 6.63. The van der Waals surface area contributed by atoms with Gasteiger partial charge in [-0.15, -0.1) is 0 Å². The number of Topliss-reactive ketones (excluding diaryl/α,β-unsaturated/α-hetero) is 1. The number of fused-ring (bicyclic) bond motifs is 1. The molecule has 0 saturated heterocycles. The van der Waals surface area contributed by atoms with E-state index >= 15 is 0 Å². The van der Waals surface area contributed by atoms with E-state index in [2.05, 4.69) is 4.74 Å².